The Balaban J connectivity index is 2.22. The van der Waals surface area contributed by atoms with Gasteiger partial charge in [0, 0.05) is 24.1 Å². The van der Waals surface area contributed by atoms with E-state index in [1.54, 1.807) is 18.2 Å². The third kappa shape index (κ3) is 4.10. The van der Waals surface area contributed by atoms with Crippen LogP contribution in [-0.4, -0.2) is 16.5 Å². The van der Waals surface area contributed by atoms with Gasteiger partial charge < -0.3 is 10.1 Å². The van der Waals surface area contributed by atoms with E-state index in [1.807, 2.05) is 19.1 Å². The summed E-state index contributed by atoms with van der Waals surface area (Å²) >= 11 is 5.86. The molecule has 2 aromatic rings. The Labute approximate surface area is 124 Å². The van der Waals surface area contributed by atoms with Gasteiger partial charge in [0.05, 0.1) is 0 Å². The lowest BCUT2D eigenvalue weighted by Crippen LogP contribution is -2.04. The molecule has 106 valence electrons. The molecule has 0 radical (unpaired) electrons. The van der Waals surface area contributed by atoms with Crippen molar-refractivity contribution in [2.45, 2.75) is 26.7 Å². The highest BCUT2D eigenvalue weighted by molar-refractivity contribution is 6.30. The highest BCUT2D eigenvalue weighted by Gasteiger charge is 2.06. The summed E-state index contributed by atoms with van der Waals surface area (Å²) in [5.41, 5.74) is 0. The predicted molar refractivity (Wildman–Crippen MR) is 81.7 cm³/mol. The van der Waals surface area contributed by atoms with Gasteiger partial charge in [-0.2, -0.15) is 4.98 Å². The molecular formula is C15H18ClN3O. The predicted octanol–water partition coefficient (Wildman–Crippen LogP) is 4.31. The van der Waals surface area contributed by atoms with Crippen LogP contribution in [0.3, 0.4) is 0 Å². The molecule has 0 saturated carbocycles. The number of benzene rings is 1. The second-order valence-electron chi connectivity index (χ2n) is 4.34. The maximum Gasteiger partial charge on any atom is 0.224 e. The molecule has 0 aliphatic heterocycles. The second-order valence-corrected chi connectivity index (χ2v) is 4.78. The van der Waals surface area contributed by atoms with Gasteiger partial charge in [0.25, 0.3) is 0 Å². The Morgan fingerprint density at radius 1 is 1.15 bits per heavy atom. The molecule has 0 aliphatic carbocycles. The van der Waals surface area contributed by atoms with E-state index in [-0.39, 0.29) is 0 Å². The Morgan fingerprint density at radius 3 is 2.55 bits per heavy atom. The van der Waals surface area contributed by atoms with Crippen LogP contribution in [0.15, 0.2) is 30.3 Å². The van der Waals surface area contributed by atoms with Crippen molar-refractivity contribution in [3.05, 3.63) is 41.2 Å². The Morgan fingerprint density at radius 2 is 1.90 bits per heavy atom. The van der Waals surface area contributed by atoms with Crippen LogP contribution < -0.4 is 10.1 Å². The van der Waals surface area contributed by atoms with Crippen molar-refractivity contribution in [1.82, 2.24) is 9.97 Å². The number of aryl methyl sites for hydroxylation is 1. The van der Waals surface area contributed by atoms with Crippen molar-refractivity contribution in [3.63, 3.8) is 0 Å². The SMILES string of the molecule is CCCc1nc(NCC)cc(Oc2ccc(Cl)cc2)n1. The monoisotopic (exact) mass is 291 g/mol. The van der Waals surface area contributed by atoms with Gasteiger partial charge in [-0.1, -0.05) is 18.5 Å². The van der Waals surface area contributed by atoms with Gasteiger partial charge in [0.2, 0.25) is 5.88 Å². The summed E-state index contributed by atoms with van der Waals surface area (Å²) in [7, 11) is 0. The number of hydrogen-bond acceptors (Lipinski definition) is 4. The summed E-state index contributed by atoms with van der Waals surface area (Å²) in [6.07, 6.45) is 1.83. The van der Waals surface area contributed by atoms with E-state index in [1.165, 1.54) is 0 Å². The fraction of sp³-hybridized carbons (Fsp3) is 0.333. The van der Waals surface area contributed by atoms with Crippen molar-refractivity contribution < 1.29 is 4.74 Å². The third-order valence-electron chi connectivity index (χ3n) is 2.62. The zero-order valence-corrected chi connectivity index (χ0v) is 12.4. The van der Waals surface area contributed by atoms with Gasteiger partial charge in [-0.25, -0.2) is 4.98 Å². The van der Waals surface area contributed by atoms with E-state index in [2.05, 4.69) is 22.2 Å². The van der Waals surface area contributed by atoms with E-state index in [9.17, 15) is 0 Å². The number of halogens is 1. The number of aromatic nitrogens is 2. The van der Waals surface area contributed by atoms with Crippen LogP contribution in [0.25, 0.3) is 0 Å². The molecule has 4 nitrogen and oxygen atoms in total. The Hall–Kier alpha value is -1.81. The number of ether oxygens (including phenoxy) is 1. The van der Waals surface area contributed by atoms with Crippen LogP contribution in [0.2, 0.25) is 5.02 Å². The largest absolute Gasteiger partial charge is 0.439 e. The first-order valence-corrected chi connectivity index (χ1v) is 7.14. The average molecular weight is 292 g/mol. The zero-order chi connectivity index (χ0) is 14.4. The Kier molecular flexibility index (Phi) is 5.18. The summed E-state index contributed by atoms with van der Waals surface area (Å²) in [6.45, 7) is 4.94. The number of nitrogens with one attached hydrogen (secondary N) is 1. The van der Waals surface area contributed by atoms with E-state index in [4.69, 9.17) is 16.3 Å². The molecule has 20 heavy (non-hydrogen) atoms. The summed E-state index contributed by atoms with van der Waals surface area (Å²) in [5, 5.41) is 3.87. The minimum Gasteiger partial charge on any atom is -0.439 e. The molecule has 0 aliphatic rings. The molecule has 5 heteroatoms. The molecule has 0 spiro atoms. The maximum atomic E-state index is 5.86. The Bertz CT molecular complexity index is 533. The lowest BCUT2D eigenvalue weighted by atomic mass is 10.3. The van der Waals surface area contributed by atoms with Crippen LogP contribution in [0, 0.1) is 0 Å². The molecule has 0 atom stereocenters. The van der Waals surface area contributed by atoms with E-state index in [0.29, 0.717) is 16.7 Å². The number of anilines is 1. The molecule has 0 bridgehead atoms. The zero-order valence-electron chi connectivity index (χ0n) is 11.7. The molecule has 2 rings (SSSR count). The van der Waals surface area contributed by atoms with Gasteiger partial charge in [0.15, 0.2) is 0 Å². The number of nitrogens with zero attached hydrogens (tertiary/aromatic N) is 2. The van der Waals surface area contributed by atoms with Crippen molar-refractivity contribution in [3.8, 4) is 11.6 Å². The summed E-state index contributed by atoms with van der Waals surface area (Å²) in [5.74, 6) is 2.82. The van der Waals surface area contributed by atoms with Crippen LogP contribution in [-0.2, 0) is 6.42 Å². The van der Waals surface area contributed by atoms with Gasteiger partial charge in [-0.15, -0.1) is 0 Å². The van der Waals surface area contributed by atoms with Crippen LogP contribution in [0.4, 0.5) is 5.82 Å². The highest BCUT2D eigenvalue weighted by Crippen LogP contribution is 2.23. The second kappa shape index (κ2) is 7.10. The molecular weight excluding hydrogens is 274 g/mol. The minimum absolute atomic E-state index is 0.543. The van der Waals surface area contributed by atoms with Crippen LogP contribution in [0.1, 0.15) is 26.1 Å². The molecule has 1 N–H and O–H groups in total. The smallest absolute Gasteiger partial charge is 0.224 e. The molecule has 0 unspecified atom stereocenters. The van der Waals surface area contributed by atoms with Gasteiger partial charge in [-0.3, -0.25) is 0 Å². The lowest BCUT2D eigenvalue weighted by Gasteiger charge is -2.09. The molecule has 1 aromatic heterocycles. The third-order valence-corrected chi connectivity index (χ3v) is 2.87. The van der Waals surface area contributed by atoms with E-state index >= 15 is 0 Å². The summed E-state index contributed by atoms with van der Waals surface area (Å²) < 4.78 is 5.76. The fourth-order valence-corrected chi connectivity index (χ4v) is 1.88. The first-order chi connectivity index (χ1) is 9.71. The van der Waals surface area contributed by atoms with Gasteiger partial charge >= 0.3 is 0 Å². The van der Waals surface area contributed by atoms with Crippen LogP contribution >= 0.6 is 11.6 Å². The number of hydrogen-bond donors (Lipinski definition) is 1. The van der Waals surface area contributed by atoms with E-state index in [0.717, 1.165) is 31.0 Å². The lowest BCUT2D eigenvalue weighted by molar-refractivity contribution is 0.458. The van der Waals surface area contributed by atoms with E-state index < -0.39 is 0 Å². The number of rotatable bonds is 6. The van der Waals surface area contributed by atoms with Crippen molar-refractivity contribution in [2.24, 2.45) is 0 Å². The highest BCUT2D eigenvalue weighted by atomic mass is 35.5. The molecule has 1 aromatic carbocycles. The minimum atomic E-state index is 0.543. The summed E-state index contributed by atoms with van der Waals surface area (Å²) in [4.78, 5) is 8.86. The fourth-order valence-electron chi connectivity index (χ4n) is 1.76. The normalized spacial score (nSPS) is 10.3. The van der Waals surface area contributed by atoms with Crippen molar-refractivity contribution in [2.75, 3.05) is 11.9 Å². The molecule has 0 amide bonds. The molecule has 0 saturated heterocycles. The van der Waals surface area contributed by atoms with Crippen molar-refractivity contribution in [1.29, 1.82) is 0 Å². The summed E-state index contributed by atoms with van der Waals surface area (Å²) in [6, 6.07) is 9.01. The quantitative estimate of drug-likeness (QED) is 0.861. The standard InChI is InChI=1S/C15H18ClN3O/c1-3-5-13-18-14(17-4-2)10-15(19-13)20-12-8-6-11(16)7-9-12/h6-10H,3-5H2,1-2H3,(H,17,18,19). The first-order valence-electron chi connectivity index (χ1n) is 6.76. The first kappa shape index (κ1) is 14.6. The molecule has 0 fully saturated rings. The topological polar surface area (TPSA) is 47.0 Å². The molecule has 1 heterocycles. The maximum absolute atomic E-state index is 5.86. The average Bonchev–Trinajstić information content (AvgIpc) is 2.42. The van der Waals surface area contributed by atoms with Crippen molar-refractivity contribution >= 4 is 17.4 Å². The van der Waals surface area contributed by atoms with Gasteiger partial charge in [-0.05, 0) is 37.6 Å². The van der Waals surface area contributed by atoms with Crippen LogP contribution in [0.5, 0.6) is 11.6 Å². The van der Waals surface area contributed by atoms with Gasteiger partial charge in [0.1, 0.15) is 17.4 Å².